The minimum Gasteiger partial charge on any atom is -0.370 e. The Kier molecular flexibility index (Phi) is 11.0. The zero-order valence-electron chi connectivity index (χ0n) is 23.5. The van der Waals surface area contributed by atoms with E-state index in [0.717, 1.165) is 16.5 Å². The highest BCUT2D eigenvalue weighted by molar-refractivity contribution is 5.99. The number of nitrogens with zero attached hydrogens (tertiary/aromatic N) is 2. The van der Waals surface area contributed by atoms with Crippen molar-refractivity contribution in [3.63, 3.8) is 0 Å². The second kappa shape index (κ2) is 14.6. The molecule has 0 spiro atoms. The summed E-state index contributed by atoms with van der Waals surface area (Å²) in [5, 5.41) is 20.1. The lowest BCUT2D eigenvalue weighted by atomic mass is 10.00. The van der Waals surface area contributed by atoms with E-state index in [4.69, 9.17) is 17.2 Å². The van der Waals surface area contributed by atoms with Gasteiger partial charge in [0.15, 0.2) is 5.96 Å². The largest absolute Gasteiger partial charge is 0.370 e. The van der Waals surface area contributed by atoms with Crippen LogP contribution < -0.4 is 33.2 Å². The smallest absolute Gasteiger partial charge is 0.269 e. The molecule has 14 heteroatoms. The first-order valence-electron chi connectivity index (χ1n) is 13.5. The molecule has 0 unspecified atom stereocenters. The number of aliphatic imine (C=N–C) groups is 1. The normalized spacial score (nSPS) is 13.1. The molecule has 0 aliphatic rings. The number of guanidine groups is 1. The van der Waals surface area contributed by atoms with Gasteiger partial charge >= 0.3 is 0 Å². The van der Waals surface area contributed by atoms with Crippen LogP contribution >= 0.6 is 0 Å². The number of fused-ring (bicyclic) bond motifs is 1. The third-order valence-electron chi connectivity index (χ3n) is 6.63. The molecule has 42 heavy (non-hydrogen) atoms. The van der Waals surface area contributed by atoms with Crippen LogP contribution in [0.3, 0.4) is 0 Å². The summed E-state index contributed by atoms with van der Waals surface area (Å²) in [6.45, 7) is 3.84. The molecule has 3 aromatic rings. The van der Waals surface area contributed by atoms with Crippen molar-refractivity contribution in [1.82, 2.24) is 15.6 Å². The summed E-state index contributed by atoms with van der Waals surface area (Å²) in [6.07, 6.45) is 2.68. The number of amides is 3. The maximum atomic E-state index is 13.5. The van der Waals surface area contributed by atoms with Crippen molar-refractivity contribution < 1.29 is 19.3 Å². The number of anilines is 1. The number of nitrogens with two attached hydrogens (primary N) is 3. The molecule has 3 amide bonds. The quantitative estimate of drug-likeness (QED) is 0.0481. The van der Waals surface area contributed by atoms with E-state index in [1.807, 2.05) is 24.3 Å². The monoisotopic (exact) mass is 579 g/mol. The van der Waals surface area contributed by atoms with E-state index in [0.29, 0.717) is 25.1 Å². The van der Waals surface area contributed by atoms with Gasteiger partial charge < -0.3 is 38.1 Å². The Morgan fingerprint density at radius 1 is 1.00 bits per heavy atom. The molecule has 0 bridgehead atoms. The van der Waals surface area contributed by atoms with Crippen molar-refractivity contribution in [1.29, 1.82) is 0 Å². The molecule has 0 saturated heterocycles. The molecule has 0 aliphatic heterocycles. The first-order valence-corrected chi connectivity index (χ1v) is 13.5. The number of H-pyrrole nitrogens is 1. The molecule has 0 aliphatic carbocycles. The maximum absolute atomic E-state index is 13.5. The van der Waals surface area contributed by atoms with E-state index in [-0.39, 0.29) is 24.0 Å². The lowest BCUT2D eigenvalue weighted by Crippen LogP contribution is -2.57. The van der Waals surface area contributed by atoms with Gasteiger partial charge in [0.2, 0.25) is 17.7 Å². The van der Waals surface area contributed by atoms with E-state index in [9.17, 15) is 24.5 Å². The Morgan fingerprint density at radius 2 is 1.69 bits per heavy atom. The van der Waals surface area contributed by atoms with Gasteiger partial charge in [-0.25, -0.2) is 0 Å². The Bertz CT molecular complexity index is 1430. The van der Waals surface area contributed by atoms with Gasteiger partial charge in [0.25, 0.3) is 5.69 Å². The van der Waals surface area contributed by atoms with Gasteiger partial charge in [-0.3, -0.25) is 29.5 Å². The second-order valence-corrected chi connectivity index (χ2v) is 10.2. The summed E-state index contributed by atoms with van der Waals surface area (Å²) < 4.78 is 0. The Morgan fingerprint density at radius 3 is 2.33 bits per heavy atom. The number of aromatic amines is 1. The Hall–Kier alpha value is -4.98. The number of carbonyl (C=O) groups is 3. The fourth-order valence-electron chi connectivity index (χ4n) is 4.33. The Balaban J connectivity index is 1.77. The van der Waals surface area contributed by atoms with Crippen molar-refractivity contribution in [2.75, 3.05) is 11.9 Å². The van der Waals surface area contributed by atoms with Crippen molar-refractivity contribution in [3.8, 4) is 0 Å². The zero-order valence-corrected chi connectivity index (χ0v) is 23.5. The van der Waals surface area contributed by atoms with E-state index in [2.05, 4.69) is 25.9 Å². The number of nitro benzene ring substituents is 1. The number of nitrogens with one attached hydrogen (secondary N) is 4. The number of nitro groups is 1. The fourth-order valence-corrected chi connectivity index (χ4v) is 4.33. The second-order valence-electron chi connectivity index (χ2n) is 10.2. The molecule has 0 fully saturated rings. The average molecular weight is 580 g/mol. The van der Waals surface area contributed by atoms with Crippen molar-refractivity contribution in [2.24, 2.45) is 28.1 Å². The molecular weight excluding hydrogens is 542 g/mol. The highest BCUT2D eigenvalue weighted by atomic mass is 16.6. The van der Waals surface area contributed by atoms with Crippen LogP contribution in [0.4, 0.5) is 11.4 Å². The third kappa shape index (κ3) is 8.76. The molecule has 2 aromatic carbocycles. The summed E-state index contributed by atoms with van der Waals surface area (Å²) in [4.78, 5) is 57.2. The number of para-hydroxylation sites is 1. The van der Waals surface area contributed by atoms with E-state index in [1.165, 1.54) is 24.3 Å². The van der Waals surface area contributed by atoms with Gasteiger partial charge in [-0.1, -0.05) is 32.0 Å². The van der Waals surface area contributed by atoms with Gasteiger partial charge in [-0.05, 0) is 42.5 Å². The minimum absolute atomic E-state index is 0.0515. The van der Waals surface area contributed by atoms with Crippen molar-refractivity contribution in [2.45, 2.75) is 51.2 Å². The molecule has 14 nitrogen and oxygen atoms in total. The van der Waals surface area contributed by atoms with Crippen LogP contribution in [-0.2, 0) is 20.8 Å². The number of rotatable bonds is 14. The van der Waals surface area contributed by atoms with Crippen LogP contribution in [0.15, 0.2) is 59.7 Å². The zero-order chi connectivity index (χ0) is 30.8. The van der Waals surface area contributed by atoms with Crippen LogP contribution in [0.25, 0.3) is 10.9 Å². The molecule has 0 radical (unpaired) electrons. The van der Waals surface area contributed by atoms with E-state index in [1.54, 1.807) is 20.0 Å². The van der Waals surface area contributed by atoms with Crippen molar-refractivity contribution >= 4 is 46.0 Å². The first kappa shape index (κ1) is 31.5. The molecule has 1 aromatic heterocycles. The van der Waals surface area contributed by atoms with E-state index >= 15 is 0 Å². The van der Waals surface area contributed by atoms with E-state index < -0.39 is 40.8 Å². The molecule has 1 heterocycles. The topological polar surface area (TPSA) is 237 Å². The van der Waals surface area contributed by atoms with Gasteiger partial charge in [0.05, 0.1) is 11.0 Å². The van der Waals surface area contributed by atoms with Crippen LogP contribution in [0.1, 0.15) is 32.3 Å². The number of aromatic nitrogens is 1. The lowest BCUT2D eigenvalue weighted by molar-refractivity contribution is -0.384. The average Bonchev–Trinajstić information content (AvgIpc) is 3.36. The van der Waals surface area contributed by atoms with Gasteiger partial charge in [0, 0.05) is 47.9 Å². The predicted molar refractivity (Wildman–Crippen MR) is 160 cm³/mol. The van der Waals surface area contributed by atoms with Crippen LogP contribution in [-0.4, -0.2) is 58.3 Å². The summed E-state index contributed by atoms with van der Waals surface area (Å²) in [7, 11) is 0. The number of carbonyl (C=O) groups excluding carboxylic acids is 3. The molecule has 0 saturated carbocycles. The molecule has 10 N–H and O–H groups in total. The standard InChI is InChI=1S/C28H37N9O5/c1-16(2)24(36-25(38)21(29)7-5-13-32-28(30)31)27(40)35-23(14-17-15-33-22-8-4-3-6-20(17)22)26(39)34-18-9-11-19(12-10-18)37(41)42/h3-4,6,8-12,15-16,21,23-24,33H,5,7,13-14,29H2,1-2H3,(H,34,39)(H,35,40)(H,36,38)(H4,30,31,32)/t21-,23+,24+/m1/s1. The fraction of sp³-hybridized carbons (Fsp3) is 0.357. The van der Waals surface area contributed by atoms with Gasteiger partial charge in [0.1, 0.15) is 12.1 Å². The number of hydrogen-bond acceptors (Lipinski definition) is 7. The molecule has 224 valence electrons. The SMILES string of the molecule is CC(C)[C@H](NC(=O)[C@H](N)CCCN=C(N)N)C(=O)N[C@@H](Cc1c[nH]c2ccccc12)C(=O)Nc1ccc([N+](=O)[O-])cc1. The maximum Gasteiger partial charge on any atom is 0.269 e. The third-order valence-corrected chi connectivity index (χ3v) is 6.63. The summed E-state index contributed by atoms with van der Waals surface area (Å²) in [5.74, 6) is -1.99. The summed E-state index contributed by atoms with van der Waals surface area (Å²) >= 11 is 0. The molecule has 3 rings (SSSR count). The van der Waals surface area contributed by atoms with Crippen LogP contribution in [0.2, 0.25) is 0 Å². The molecular formula is C28H37N9O5. The van der Waals surface area contributed by atoms with Crippen LogP contribution in [0, 0.1) is 16.0 Å². The van der Waals surface area contributed by atoms with Gasteiger partial charge in [-0.15, -0.1) is 0 Å². The van der Waals surface area contributed by atoms with Crippen molar-refractivity contribution in [3.05, 3.63) is 70.4 Å². The minimum atomic E-state index is -1.04. The summed E-state index contributed by atoms with van der Waals surface area (Å²) in [5.41, 5.74) is 18.5. The highest BCUT2D eigenvalue weighted by Gasteiger charge is 2.30. The summed E-state index contributed by atoms with van der Waals surface area (Å²) in [6, 6.07) is 10.0. The lowest BCUT2D eigenvalue weighted by Gasteiger charge is -2.26. The Labute approximate surface area is 242 Å². The number of hydrogen-bond donors (Lipinski definition) is 7. The number of benzene rings is 2. The first-order chi connectivity index (χ1) is 20.0. The number of non-ortho nitro benzene ring substituents is 1. The predicted octanol–water partition coefficient (Wildman–Crippen LogP) is 1.26. The highest BCUT2D eigenvalue weighted by Crippen LogP contribution is 2.21. The van der Waals surface area contributed by atoms with Gasteiger partial charge in [-0.2, -0.15) is 0 Å². The van der Waals surface area contributed by atoms with Crippen LogP contribution in [0.5, 0.6) is 0 Å². The molecule has 3 atom stereocenters.